The van der Waals surface area contributed by atoms with Gasteiger partial charge in [0.25, 0.3) is 0 Å². The Balaban J connectivity index is 2.29. The van der Waals surface area contributed by atoms with Gasteiger partial charge < -0.3 is 10.1 Å². The zero-order valence-corrected chi connectivity index (χ0v) is 14.0. The average Bonchev–Trinajstić information content (AvgIpc) is 2.49. The van der Waals surface area contributed by atoms with Crippen LogP contribution >= 0.6 is 0 Å². The van der Waals surface area contributed by atoms with Gasteiger partial charge in [-0.15, -0.1) is 0 Å². The van der Waals surface area contributed by atoms with E-state index >= 15 is 0 Å². The molecule has 2 rings (SSSR count). The monoisotopic (exact) mass is 290 g/mol. The van der Waals surface area contributed by atoms with E-state index in [9.17, 15) is 0 Å². The molecule has 0 aliphatic carbocycles. The Bertz CT molecular complexity index is 459. The summed E-state index contributed by atoms with van der Waals surface area (Å²) in [6.07, 6.45) is 2.38. The number of ether oxygens (including phenoxy) is 1. The lowest BCUT2D eigenvalue weighted by atomic mass is 9.91. The zero-order valence-electron chi connectivity index (χ0n) is 14.0. The summed E-state index contributed by atoms with van der Waals surface area (Å²) >= 11 is 0. The van der Waals surface area contributed by atoms with E-state index in [1.165, 1.54) is 36.2 Å². The van der Waals surface area contributed by atoms with Gasteiger partial charge in [-0.05, 0) is 57.0 Å². The number of hydrogen-bond donors (Lipinski definition) is 1. The van der Waals surface area contributed by atoms with Crippen molar-refractivity contribution in [2.24, 2.45) is 0 Å². The number of hydrogen-bond acceptors (Lipinski definition) is 3. The Morgan fingerprint density at radius 3 is 2.76 bits per heavy atom. The molecule has 0 spiro atoms. The Morgan fingerprint density at radius 1 is 1.29 bits per heavy atom. The van der Waals surface area contributed by atoms with Crippen molar-refractivity contribution >= 4 is 0 Å². The Labute approximate surface area is 129 Å². The molecule has 1 aromatic carbocycles. The third kappa shape index (κ3) is 3.78. The maximum absolute atomic E-state index is 5.89. The third-order valence-corrected chi connectivity index (χ3v) is 4.36. The van der Waals surface area contributed by atoms with Crippen LogP contribution in [0.1, 0.15) is 56.8 Å². The zero-order chi connectivity index (χ0) is 15.2. The molecule has 1 aliphatic rings. The van der Waals surface area contributed by atoms with Crippen molar-refractivity contribution in [3.63, 3.8) is 0 Å². The molecule has 1 N–H and O–H groups in total. The van der Waals surface area contributed by atoms with E-state index in [0.29, 0.717) is 6.04 Å². The first-order valence-electron chi connectivity index (χ1n) is 8.44. The van der Waals surface area contributed by atoms with Crippen LogP contribution in [0.15, 0.2) is 12.1 Å². The normalized spacial score (nSPS) is 18.6. The van der Waals surface area contributed by atoms with E-state index in [2.05, 4.69) is 50.0 Å². The Hall–Kier alpha value is -1.06. The summed E-state index contributed by atoms with van der Waals surface area (Å²) in [4.78, 5) is 2.59. The fraction of sp³-hybridized carbons (Fsp3) is 0.667. The van der Waals surface area contributed by atoms with E-state index in [1.54, 1.807) is 0 Å². The van der Waals surface area contributed by atoms with Gasteiger partial charge in [0.15, 0.2) is 0 Å². The van der Waals surface area contributed by atoms with E-state index < -0.39 is 0 Å². The Kier molecular flexibility index (Phi) is 6.07. The van der Waals surface area contributed by atoms with Gasteiger partial charge in [-0.1, -0.05) is 19.9 Å². The number of fused-ring (bicyclic) bond motifs is 1. The second-order valence-corrected chi connectivity index (χ2v) is 5.83. The SMILES string of the molecule is CCCN1CCc2cc(CNCC)c(OCC)cc2C1C. The highest BCUT2D eigenvalue weighted by Gasteiger charge is 2.24. The molecule has 21 heavy (non-hydrogen) atoms. The molecule has 0 aromatic heterocycles. The van der Waals surface area contributed by atoms with Gasteiger partial charge in [-0.3, -0.25) is 4.90 Å². The Morgan fingerprint density at radius 2 is 2.10 bits per heavy atom. The highest BCUT2D eigenvalue weighted by Crippen LogP contribution is 2.34. The molecule has 1 atom stereocenters. The van der Waals surface area contributed by atoms with Crippen molar-refractivity contribution in [2.45, 2.75) is 53.1 Å². The summed E-state index contributed by atoms with van der Waals surface area (Å²) < 4.78 is 5.89. The first-order valence-corrected chi connectivity index (χ1v) is 8.44. The highest BCUT2D eigenvalue weighted by molar-refractivity contribution is 5.45. The van der Waals surface area contributed by atoms with E-state index in [1.807, 2.05) is 0 Å². The minimum absolute atomic E-state index is 0.501. The predicted octanol–water partition coefficient (Wildman–Crippen LogP) is 3.52. The average molecular weight is 290 g/mol. The molecule has 1 unspecified atom stereocenters. The van der Waals surface area contributed by atoms with Crippen LogP contribution in [0.25, 0.3) is 0 Å². The van der Waals surface area contributed by atoms with Crippen molar-refractivity contribution in [3.05, 3.63) is 28.8 Å². The van der Waals surface area contributed by atoms with Crippen LogP contribution < -0.4 is 10.1 Å². The molecule has 0 radical (unpaired) electrons. The van der Waals surface area contributed by atoms with Gasteiger partial charge in [-0.25, -0.2) is 0 Å². The molecule has 0 fully saturated rings. The van der Waals surface area contributed by atoms with Crippen LogP contribution in [-0.2, 0) is 13.0 Å². The van der Waals surface area contributed by atoms with Gasteiger partial charge in [0, 0.05) is 24.7 Å². The molecule has 0 saturated carbocycles. The van der Waals surface area contributed by atoms with Crippen molar-refractivity contribution in [2.75, 3.05) is 26.2 Å². The molecule has 1 heterocycles. The molecule has 118 valence electrons. The molecular formula is C18H30N2O. The number of benzene rings is 1. The van der Waals surface area contributed by atoms with Crippen LogP contribution in [0.3, 0.4) is 0 Å². The van der Waals surface area contributed by atoms with Crippen molar-refractivity contribution in [1.82, 2.24) is 10.2 Å². The van der Waals surface area contributed by atoms with Crippen molar-refractivity contribution < 1.29 is 4.74 Å². The quantitative estimate of drug-likeness (QED) is 0.831. The van der Waals surface area contributed by atoms with Gasteiger partial charge in [0.1, 0.15) is 5.75 Å². The van der Waals surface area contributed by atoms with Gasteiger partial charge >= 0.3 is 0 Å². The van der Waals surface area contributed by atoms with E-state index in [4.69, 9.17) is 4.74 Å². The maximum Gasteiger partial charge on any atom is 0.124 e. The summed E-state index contributed by atoms with van der Waals surface area (Å²) in [5.41, 5.74) is 4.26. The second-order valence-electron chi connectivity index (χ2n) is 5.83. The van der Waals surface area contributed by atoms with Gasteiger partial charge in [0.05, 0.1) is 6.61 Å². The van der Waals surface area contributed by atoms with Crippen LogP contribution in [0.5, 0.6) is 5.75 Å². The smallest absolute Gasteiger partial charge is 0.124 e. The molecule has 1 aromatic rings. The first kappa shape index (κ1) is 16.3. The standard InChI is InChI=1S/C18H30N2O/c1-5-9-20-10-8-15-11-16(13-19-6-2)18(21-7-3)12-17(15)14(20)4/h11-12,14,19H,5-10,13H2,1-4H3. The molecular weight excluding hydrogens is 260 g/mol. The number of nitrogens with one attached hydrogen (secondary N) is 1. The van der Waals surface area contributed by atoms with Gasteiger partial charge in [-0.2, -0.15) is 0 Å². The van der Waals surface area contributed by atoms with Gasteiger partial charge in [0.2, 0.25) is 0 Å². The summed E-state index contributed by atoms with van der Waals surface area (Å²) in [5, 5.41) is 3.42. The summed E-state index contributed by atoms with van der Waals surface area (Å²) in [6.45, 7) is 13.8. The first-order chi connectivity index (χ1) is 10.2. The maximum atomic E-state index is 5.89. The molecule has 0 amide bonds. The second kappa shape index (κ2) is 7.81. The van der Waals surface area contributed by atoms with Crippen molar-refractivity contribution in [1.29, 1.82) is 0 Å². The number of nitrogens with zero attached hydrogens (tertiary/aromatic N) is 1. The van der Waals surface area contributed by atoms with Crippen molar-refractivity contribution in [3.8, 4) is 5.75 Å². The van der Waals surface area contributed by atoms with Crippen LogP contribution in [0, 0.1) is 0 Å². The number of rotatable bonds is 7. The molecule has 0 bridgehead atoms. The molecule has 3 heteroatoms. The lowest BCUT2D eigenvalue weighted by molar-refractivity contribution is 0.198. The minimum atomic E-state index is 0.501. The predicted molar refractivity (Wildman–Crippen MR) is 89.0 cm³/mol. The highest BCUT2D eigenvalue weighted by atomic mass is 16.5. The van der Waals surface area contributed by atoms with Crippen LogP contribution in [0.4, 0.5) is 0 Å². The summed E-state index contributed by atoms with van der Waals surface area (Å²) in [6, 6.07) is 5.15. The molecule has 0 saturated heterocycles. The van der Waals surface area contributed by atoms with Crippen LogP contribution in [0.2, 0.25) is 0 Å². The molecule has 3 nitrogen and oxygen atoms in total. The largest absolute Gasteiger partial charge is 0.494 e. The van der Waals surface area contributed by atoms with Crippen LogP contribution in [-0.4, -0.2) is 31.1 Å². The third-order valence-electron chi connectivity index (χ3n) is 4.36. The summed E-state index contributed by atoms with van der Waals surface area (Å²) in [5.74, 6) is 1.06. The van der Waals surface area contributed by atoms with E-state index in [0.717, 1.165) is 31.9 Å². The fourth-order valence-corrected chi connectivity index (χ4v) is 3.23. The minimum Gasteiger partial charge on any atom is -0.494 e. The fourth-order valence-electron chi connectivity index (χ4n) is 3.23. The lowest BCUT2D eigenvalue weighted by Crippen LogP contribution is -2.34. The molecule has 1 aliphatic heterocycles. The topological polar surface area (TPSA) is 24.5 Å². The lowest BCUT2D eigenvalue weighted by Gasteiger charge is -2.35. The van der Waals surface area contributed by atoms with E-state index in [-0.39, 0.29) is 0 Å². The summed E-state index contributed by atoms with van der Waals surface area (Å²) in [7, 11) is 0.